The Kier molecular flexibility index (Phi) is 9.09. The van der Waals surface area contributed by atoms with E-state index in [-0.39, 0.29) is 28.9 Å². The fraction of sp³-hybridized carbons (Fsp3) is 0.591. The van der Waals surface area contributed by atoms with Crippen molar-refractivity contribution in [2.24, 2.45) is 0 Å². The molecule has 0 bridgehead atoms. The Labute approximate surface area is 202 Å². The van der Waals surface area contributed by atoms with Crippen molar-refractivity contribution in [1.29, 1.82) is 0 Å². The van der Waals surface area contributed by atoms with Gasteiger partial charge in [-0.2, -0.15) is 26.3 Å². The van der Waals surface area contributed by atoms with Crippen LogP contribution in [0.25, 0.3) is 6.08 Å². The number of allylic oxidation sites excluding steroid dienone is 1. The van der Waals surface area contributed by atoms with Crippen LogP contribution in [-0.4, -0.2) is 67.6 Å². The molecule has 0 radical (unpaired) electrons. The standard InChI is InChI=1S/C22H27BrF6N2O3/c1-5-6-16-9-17(20(21(24,25)26,22(27,28)29)34-13-33-4)7-8-18(16)30-11-15(3)31(12-14(30)2)19(32)10-23/h5-9,14-15H,10-13H2,1-4H3/b6-5-/t14-,15+/m1/s1. The molecule has 12 heteroatoms. The van der Waals surface area contributed by atoms with Gasteiger partial charge in [-0.3, -0.25) is 4.79 Å². The number of piperazine rings is 1. The van der Waals surface area contributed by atoms with Gasteiger partial charge in [-0.1, -0.05) is 34.1 Å². The zero-order valence-corrected chi connectivity index (χ0v) is 20.7. The maximum atomic E-state index is 13.9. The minimum absolute atomic E-state index is 0.0987. The van der Waals surface area contributed by atoms with Gasteiger partial charge < -0.3 is 19.3 Å². The van der Waals surface area contributed by atoms with Gasteiger partial charge in [0.25, 0.3) is 5.60 Å². The lowest BCUT2D eigenvalue weighted by molar-refractivity contribution is -0.400. The van der Waals surface area contributed by atoms with Crippen molar-refractivity contribution in [3.05, 3.63) is 35.4 Å². The monoisotopic (exact) mass is 560 g/mol. The van der Waals surface area contributed by atoms with Crippen LogP contribution in [0.4, 0.5) is 32.0 Å². The third kappa shape index (κ3) is 5.38. The SMILES string of the molecule is C/C=C\c1cc(C(OCOC)(C(F)(F)F)C(F)(F)F)ccc1N1C[C@H](C)N(C(=O)CBr)C[C@H]1C. The molecule has 0 spiro atoms. The molecule has 0 aromatic heterocycles. The fourth-order valence-electron chi connectivity index (χ4n) is 4.12. The summed E-state index contributed by atoms with van der Waals surface area (Å²) in [7, 11) is 0.939. The second-order valence-electron chi connectivity index (χ2n) is 8.03. The summed E-state index contributed by atoms with van der Waals surface area (Å²) in [5, 5.41) is 0.154. The van der Waals surface area contributed by atoms with Gasteiger partial charge in [-0.15, -0.1) is 0 Å². The number of nitrogens with zero attached hydrogens (tertiary/aromatic N) is 2. The number of alkyl halides is 7. The number of benzene rings is 1. The molecule has 2 rings (SSSR count). The Morgan fingerprint density at radius 3 is 2.24 bits per heavy atom. The Morgan fingerprint density at radius 2 is 1.74 bits per heavy atom. The summed E-state index contributed by atoms with van der Waals surface area (Å²) in [6.45, 7) is 4.78. The maximum Gasteiger partial charge on any atom is 0.430 e. The second kappa shape index (κ2) is 10.9. The van der Waals surface area contributed by atoms with Gasteiger partial charge in [0.1, 0.15) is 6.79 Å². The minimum Gasteiger partial charge on any atom is -0.365 e. The summed E-state index contributed by atoms with van der Waals surface area (Å²) >= 11 is 3.15. The van der Waals surface area contributed by atoms with Crippen LogP contribution in [0.15, 0.2) is 24.3 Å². The van der Waals surface area contributed by atoms with Gasteiger partial charge in [0, 0.05) is 43.5 Å². The smallest absolute Gasteiger partial charge is 0.365 e. The zero-order chi connectivity index (χ0) is 25.9. The van der Waals surface area contributed by atoms with E-state index in [9.17, 15) is 31.1 Å². The van der Waals surface area contributed by atoms with E-state index in [2.05, 4.69) is 25.4 Å². The highest BCUT2D eigenvalue weighted by Crippen LogP contribution is 2.53. The zero-order valence-electron chi connectivity index (χ0n) is 19.1. The van der Waals surface area contributed by atoms with E-state index < -0.39 is 30.3 Å². The molecule has 1 amide bonds. The van der Waals surface area contributed by atoms with Gasteiger partial charge in [-0.05, 0) is 38.5 Å². The third-order valence-electron chi connectivity index (χ3n) is 5.70. The van der Waals surface area contributed by atoms with Gasteiger partial charge in [0.15, 0.2) is 0 Å². The lowest BCUT2D eigenvalue weighted by atomic mass is 9.89. The van der Waals surface area contributed by atoms with E-state index in [0.717, 1.165) is 19.2 Å². The Balaban J connectivity index is 2.62. The van der Waals surface area contributed by atoms with Gasteiger partial charge in [0.05, 0.1) is 5.33 Å². The first kappa shape index (κ1) is 28.4. The highest BCUT2D eigenvalue weighted by Gasteiger charge is 2.73. The molecule has 1 aliphatic heterocycles. The number of anilines is 1. The van der Waals surface area contributed by atoms with Gasteiger partial charge in [-0.25, -0.2) is 0 Å². The minimum atomic E-state index is -5.80. The average Bonchev–Trinajstić information content (AvgIpc) is 2.73. The normalized spacial score (nSPS) is 20.3. The number of hydrogen-bond donors (Lipinski definition) is 0. The van der Waals surface area contributed by atoms with Crippen molar-refractivity contribution in [1.82, 2.24) is 4.90 Å². The Bertz CT molecular complexity index is 876. The maximum absolute atomic E-state index is 13.9. The number of amides is 1. The summed E-state index contributed by atoms with van der Waals surface area (Å²) in [6.07, 6.45) is -8.63. The number of carbonyl (C=O) groups excluding carboxylic acids is 1. The number of halogens is 7. The molecule has 2 atom stereocenters. The van der Waals surface area contributed by atoms with Crippen LogP contribution in [0, 0.1) is 0 Å². The molecule has 1 aromatic rings. The number of methoxy groups -OCH3 is 1. The molecule has 0 aliphatic carbocycles. The summed E-state index contributed by atoms with van der Waals surface area (Å²) in [5.74, 6) is -0.0987. The van der Waals surface area contributed by atoms with Crippen molar-refractivity contribution >= 4 is 33.6 Å². The lowest BCUT2D eigenvalue weighted by Gasteiger charge is -2.46. The van der Waals surface area contributed by atoms with Crippen molar-refractivity contribution < 1.29 is 40.6 Å². The molecule has 1 aromatic carbocycles. The van der Waals surface area contributed by atoms with Crippen LogP contribution >= 0.6 is 15.9 Å². The molecule has 192 valence electrons. The molecule has 0 saturated carbocycles. The number of hydrogen-bond acceptors (Lipinski definition) is 4. The van der Waals surface area contributed by atoms with Crippen LogP contribution < -0.4 is 4.90 Å². The first-order chi connectivity index (χ1) is 15.7. The van der Waals surface area contributed by atoms with E-state index in [1.165, 1.54) is 18.2 Å². The summed E-state index contributed by atoms with van der Waals surface area (Å²) in [4.78, 5) is 15.7. The first-order valence-corrected chi connectivity index (χ1v) is 11.5. The highest BCUT2D eigenvalue weighted by atomic mass is 79.9. The number of rotatable bonds is 7. The molecule has 1 fully saturated rings. The summed E-state index contributed by atoms with van der Waals surface area (Å²) < 4.78 is 92.4. The van der Waals surface area contributed by atoms with Crippen LogP contribution in [0.1, 0.15) is 31.9 Å². The van der Waals surface area contributed by atoms with Crippen LogP contribution in [0.3, 0.4) is 0 Å². The number of ether oxygens (including phenoxy) is 2. The fourth-order valence-corrected chi connectivity index (χ4v) is 4.44. The lowest BCUT2D eigenvalue weighted by Crippen LogP contribution is -2.58. The molecule has 0 unspecified atom stereocenters. The van der Waals surface area contributed by atoms with E-state index in [4.69, 9.17) is 0 Å². The first-order valence-electron chi connectivity index (χ1n) is 10.4. The molecule has 1 saturated heterocycles. The van der Waals surface area contributed by atoms with Crippen molar-refractivity contribution in [3.63, 3.8) is 0 Å². The van der Waals surface area contributed by atoms with E-state index in [0.29, 0.717) is 18.8 Å². The summed E-state index contributed by atoms with van der Waals surface area (Å²) in [5.41, 5.74) is -5.05. The van der Waals surface area contributed by atoms with Crippen LogP contribution in [-0.2, 0) is 19.9 Å². The Hall–Kier alpha value is -1.79. The molecule has 0 N–H and O–H groups in total. The summed E-state index contributed by atoms with van der Waals surface area (Å²) in [6, 6.07) is 2.42. The van der Waals surface area contributed by atoms with E-state index >= 15 is 0 Å². The second-order valence-corrected chi connectivity index (χ2v) is 8.59. The highest BCUT2D eigenvalue weighted by molar-refractivity contribution is 9.09. The third-order valence-corrected chi connectivity index (χ3v) is 6.18. The molecular weight excluding hydrogens is 534 g/mol. The molecular formula is C22H27BrF6N2O3. The quantitative estimate of drug-likeness (QED) is 0.251. The molecule has 1 heterocycles. The molecule has 1 aliphatic rings. The van der Waals surface area contributed by atoms with Crippen molar-refractivity contribution in [3.8, 4) is 0 Å². The van der Waals surface area contributed by atoms with Crippen molar-refractivity contribution in [2.75, 3.05) is 37.2 Å². The van der Waals surface area contributed by atoms with Gasteiger partial charge in [0.2, 0.25) is 5.91 Å². The largest absolute Gasteiger partial charge is 0.430 e. The molecule has 5 nitrogen and oxygen atoms in total. The number of carbonyl (C=O) groups is 1. The van der Waals surface area contributed by atoms with Crippen LogP contribution in [0.5, 0.6) is 0 Å². The van der Waals surface area contributed by atoms with E-state index in [1.807, 2.05) is 18.7 Å². The topological polar surface area (TPSA) is 42.0 Å². The predicted molar refractivity (Wildman–Crippen MR) is 120 cm³/mol. The van der Waals surface area contributed by atoms with Gasteiger partial charge >= 0.3 is 12.4 Å². The van der Waals surface area contributed by atoms with Crippen LogP contribution in [0.2, 0.25) is 0 Å². The predicted octanol–water partition coefficient (Wildman–Crippen LogP) is 5.48. The molecule has 34 heavy (non-hydrogen) atoms. The van der Waals surface area contributed by atoms with Crippen molar-refractivity contribution in [2.45, 2.75) is 50.8 Å². The van der Waals surface area contributed by atoms with E-state index in [1.54, 1.807) is 11.8 Å². The average molecular weight is 561 g/mol. The Morgan fingerprint density at radius 1 is 1.12 bits per heavy atom.